The van der Waals surface area contributed by atoms with Gasteiger partial charge in [0.15, 0.2) is 10.8 Å². The average molecular weight is 1030 g/mol. The summed E-state index contributed by atoms with van der Waals surface area (Å²) in [6.07, 6.45) is 2.77. The molecule has 0 saturated carbocycles. The number of thiazole rings is 1. The van der Waals surface area contributed by atoms with Gasteiger partial charge in [-0.3, -0.25) is 39.4 Å². The molecule has 3 aliphatic rings. The SMILES string of the molecule is Cc1cc(OCCCC2(F)CCN(CC(=O)Nc3ccc4c(C5CCC(=O)NC5=O)nn(C)c4c3)CC2)ccc1-c1ccc(N2CCc3cccc(C(=O)Nc4nc5ccccc5s4)c3C2)nc1C(=O)OC(C)(C)C. The molecule has 6 heterocycles. The summed E-state index contributed by atoms with van der Waals surface area (Å²) in [7, 11) is 1.78. The number of ether oxygens (including phenoxy) is 2. The molecule has 1 unspecified atom stereocenters. The largest absolute Gasteiger partial charge is 0.494 e. The number of rotatable bonds is 14. The number of aryl methyl sites for hydroxylation is 2. The highest BCUT2D eigenvalue weighted by Gasteiger charge is 2.35. The molecule has 0 radical (unpaired) electrons. The molecule has 4 amide bonds. The third kappa shape index (κ3) is 11.4. The van der Waals surface area contributed by atoms with Gasteiger partial charge in [0, 0.05) is 61.8 Å². The van der Waals surface area contributed by atoms with Crippen LogP contribution in [0.4, 0.5) is 21.0 Å². The number of benzene rings is 4. The number of hydrogen-bond donors (Lipinski definition) is 3. The Morgan fingerprint density at radius 3 is 2.48 bits per heavy atom. The van der Waals surface area contributed by atoms with Crippen molar-refractivity contribution in [1.29, 1.82) is 0 Å². The van der Waals surface area contributed by atoms with Gasteiger partial charge >= 0.3 is 5.97 Å². The highest BCUT2D eigenvalue weighted by atomic mass is 32.1. The molecule has 3 aromatic heterocycles. The van der Waals surface area contributed by atoms with Crippen molar-refractivity contribution in [2.45, 2.75) is 96.4 Å². The number of anilines is 3. The van der Waals surface area contributed by atoms with E-state index in [-0.39, 0.29) is 42.3 Å². The Morgan fingerprint density at radius 1 is 0.907 bits per heavy atom. The first-order valence-electron chi connectivity index (χ1n) is 25.5. The zero-order valence-corrected chi connectivity index (χ0v) is 43.6. The van der Waals surface area contributed by atoms with E-state index in [4.69, 9.17) is 14.5 Å². The molecule has 75 heavy (non-hydrogen) atoms. The Labute approximate surface area is 438 Å². The van der Waals surface area contributed by atoms with Crippen molar-refractivity contribution < 1.29 is 37.8 Å². The number of pyridine rings is 1. The summed E-state index contributed by atoms with van der Waals surface area (Å²) in [6, 6.07) is 28.4. The number of esters is 1. The molecule has 3 aliphatic heterocycles. The van der Waals surface area contributed by atoms with E-state index in [0.29, 0.717) is 111 Å². The molecule has 1 atom stereocenters. The van der Waals surface area contributed by atoms with Crippen molar-refractivity contribution in [2.24, 2.45) is 7.05 Å². The van der Waals surface area contributed by atoms with Gasteiger partial charge in [-0.15, -0.1) is 0 Å². The minimum Gasteiger partial charge on any atom is -0.494 e. The number of aromatic nitrogens is 4. The van der Waals surface area contributed by atoms with E-state index in [1.807, 2.05) is 118 Å². The van der Waals surface area contributed by atoms with Crippen LogP contribution in [-0.4, -0.2) is 98.3 Å². The number of amides is 4. The van der Waals surface area contributed by atoms with Crippen molar-refractivity contribution >= 4 is 78.7 Å². The van der Waals surface area contributed by atoms with Gasteiger partial charge in [-0.1, -0.05) is 41.7 Å². The lowest BCUT2D eigenvalue weighted by Gasteiger charge is -2.36. The second kappa shape index (κ2) is 21.0. The minimum absolute atomic E-state index is 0.127. The van der Waals surface area contributed by atoms with Crippen LogP contribution < -0.4 is 25.6 Å². The Bertz CT molecular complexity index is 3340. The van der Waals surface area contributed by atoms with E-state index in [0.717, 1.165) is 43.4 Å². The van der Waals surface area contributed by atoms with Gasteiger partial charge in [0.2, 0.25) is 17.7 Å². The maximum Gasteiger partial charge on any atom is 0.358 e. The summed E-state index contributed by atoms with van der Waals surface area (Å²) in [4.78, 5) is 78.7. The Balaban J connectivity index is 0.733. The van der Waals surface area contributed by atoms with E-state index in [2.05, 4.69) is 30.9 Å². The van der Waals surface area contributed by atoms with E-state index < -0.39 is 23.2 Å². The fourth-order valence-corrected chi connectivity index (χ4v) is 11.2. The highest BCUT2D eigenvalue weighted by molar-refractivity contribution is 7.22. The number of nitrogens with zero attached hydrogens (tertiary/aromatic N) is 6. The van der Waals surface area contributed by atoms with Crippen molar-refractivity contribution in [3.05, 3.63) is 125 Å². The molecule has 3 N–H and O–H groups in total. The number of alkyl halides is 1. The average Bonchev–Trinajstić information content (AvgIpc) is 3.96. The molecular weight excluding hydrogens is 974 g/mol. The summed E-state index contributed by atoms with van der Waals surface area (Å²) in [5.74, 6) is -0.936. The first-order chi connectivity index (χ1) is 36.0. The van der Waals surface area contributed by atoms with Gasteiger partial charge in [0.25, 0.3) is 5.91 Å². The highest BCUT2D eigenvalue weighted by Crippen LogP contribution is 2.36. The van der Waals surface area contributed by atoms with Crippen LogP contribution in [0.1, 0.15) is 108 Å². The summed E-state index contributed by atoms with van der Waals surface area (Å²) in [6.45, 7) is 9.79. The Kier molecular flexibility index (Phi) is 14.2. The summed E-state index contributed by atoms with van der Waals surface area (Å²) >= 11 is 1.43. The second-order valence-electron chi connectivity index (χ2n) is 20.8. The molecule has 388 valence electrons. The van der Waals surface area contributed by atoms with E-state index >= 15 is 4.39 Å². The van der Waals surface area contributed by atoms with Crippen LogP contribution >= 0.6 is 11.3 Å². The molecular formula is C57H60FN9O7S. The first-order valence-corrected chi connectivity index (χ1v) is 26.3. The molecule has 2 saturated heterocycles. The molecule has 2 fully saturated rings. The molecule has 0 bridgehead atoms. The van der Waals surface area contributed by atoms with Crippen LogP contribution in [0.2, 0.25) is 0 Å². The van der Waals surface area contributed by atoms with Gasteiger partial charge < -0.3 is 19.7 Å². The maximum absolute atomic E-state index is 16.1. The number of para-hydroxylation sites is 1. The maximum atomic E-state index is 16.1. The number of likely N-dealkylation sites (tertiary alicyclic amines) is 1. The number of imide groups is 1. The minimum atomic E-state index is -1.37. The second-order valence-corrected chi connectivity index (χ2v) is 21.8. The molecule has 18 heteroatoms. The molecule has 7 aromatic rings. The van der Waals surface area contributed by atoms with Gasteiger partial charge in [0.1, 0.15) is 22.8 Å². The third-order valence-electron chi connectivity index (χ3n) is 14.2. The van der Waals surface area contributed by atoms with Crippen LogP contribution in [0.5, 0.6) is 5.75 Å². The number of carbonyl (C=O) groups is 5. The number of halogens is 1. The molecule has 0 spiro atoms. The van der Waals surface area contributed by atoms with Gasteiger partial charge in [-0.05, 0) is 149 Å². The summed E-state index contributed by atoms with van der Waals surface area (Å²) in [5.41, 5.74) is 5.61. The predicted octanol–water partition coefficient (Wildman–Crippen LogP) is 9.45. The first kappa shape index (κ1) is 50.9. The van der Waals surface area contributed by atoms with Crippen LogP contribution in [0.3, 0.4) is 0 Å². The zero-order chi connectivity index (χ0) is 52.6. The number of hydrogen-bond acceptors (Lipinski definition) is 13. The Morgan fingerprint density at radius 2 is 1.71 bits per heavy atom. The Hall–Kier alpha value is -7.57. The van der Waals surface area contributed by atoms with Gasteiger partial charge in [-0.25, -0.2) is 19.2 Å². The van der Waals surface area contributed by atoms with Crippen molar-refractivity contribution in [3.63, 3.8) is 0 Å². The van der Waals surface area contributed by atoms with Crippen LogP contribution in [0, 0.1) is 6.92 Å². The lowest BCUT2D eigenvalue weighted by atomic mass is 9.89. The van der Waals surface area contributed by atoms with Crippen molar-refractivity contribution in [1.82, 2.24) is 30.0 Å². The smallest absolute Gasteiger partial charge is 0.358 e. The molecule has 4 aromatic carbocycles. The van der Waals surface area contributed by atoms with Gasteiger partial charge in [-0.2, -0.15) is 5.10 Å². The third-order valence-corrected chi connectivity index (χ3v) is 15.2. The van der Waals surface area contributed by atoms with E-state index in [9.17, 15) is 24.0 Å². The van der Waals surface area contributed by atoms with Crippen molar-refractivity contribution in [3.8, 4) is 16.9 Å². The van der Waals surface area contributed by atoms with Gasteiger partial charge in [0.05, 0.1) is 40.5 Å². The van der Waals surface area contributed by atoms with Crippen LogP contribution in [-0.2, 0) is 39.1 Å². The van der Waals surface area contributed by atoms with Crippen LogP contribution in [0.15, 0.2) is 91.0 Å². The van der Waals surface area contributed by atoms with Crippen molar-refractivity contribution in [2.75, 3.05) is 48.3 Å². The lowest BCUT2D eigenvalue weighted by molar-refractivity contribution is -0.134. The summed E-state index contributed by atoms with van der Waals surface area (Å²) in [5, 5.41) is 14.3. The standard InChI is InChI=1S/C57H60FN9O7S/c1-34-30-37(73-29-9-23-57(58)24-27-66(28-25-57)33-49(69)59-36-14-16-41-45(31-36)65(5)64-50(41)42-19-21-48(68)62-53(42)71)15-17-38(34)39-18-20-47(61-51(39)54(72)74-56(2,3)4)67-26-22-35-10-8-11-40(43(35)32-67)52(70)63-55-60-44-12-6-7-13-46(44)75-55/h6-8,10-18,20,30-31,42H,9,19,21-29,32-33H2,1-5H3,(H,59,69)(H,60,63,70)(H,62,68,71). The zero-order valence-electron chi connectivity index (χ0n) is 42.8. The quantitative estimate of drug-likeness (QED) is 0.0532. The molecule has 0 aliphatic carbocycles. The normalized spacial score (nSPS) is 16.9. The number of carbonyl (C=O) groups excluding carboxylic acids is 5. The fraction of sp³-hybridized carbons (Fsp3) is 0.368. The molecule has 10 rings (SSSR count). The number of piperidine rings is 2. The number of fused-ring (bicyclic) bond motifs is 3. The topological polar surface area (TPSA) is 190 Å². The monoisotopic (exact) mass is 1030 g/mol. The van der Waals surface area contributed by atoms with E-state index in [1.165, 1.54) is 11.3 Å². The van der Waals surface area contributed by atoms with Crippen LogP contribution in [0.25, 0.3) is 32.2 Å². The fourth-order valence-electron chi connectivity index (χ4n) is 10.4. The number of nitrogens with one attached hydrogen (secondary N) is 3. The lowest BCUT2D eigenvalue weighted by Crippen LogP contribution is -2.44. The molecule has 16 nitrogen and oxygen atoms in total. The summed E-state index contributed by atoms with van der Waals surface area (Å²) < 4.78 is 30.8. The van der Waals surface area contributed by atoms with E-state index in [1.54, 1.807) is 17.8 Å². The predicted molar refractivity (Wildman–Crippen MR) is 287 cm³/mol.